The van der Waals surface area contributed by atoms with E-state index in [-0.39, 0.29) is 18.4 Å². The first-order chi connectivity index (χ1) is 10.8. The molecule has 0 saturated heterocycles. The van der Waals surface area contributed by atoms with Crippen LogP contribution >= 0.6 is 0 Å². The third-order valence-electron chi connectivity index (χ3n) is 3.07. The van der Waals surface area contributed by atoms with E-state index in [9.17, 15) is 9.59 Å². The fourth-order valence-corrected chi connectivity index (χ4v) is 1.91. The standard InChI is InChI=1S/C19H18O3/c20-18(14-13-16-8-3-1-4-9-16)12-7-15-22-19(21)17-10-5-2-6-11-17/h1-6,8-11,13-14H,7,12,15H2/b14-13+. The highest BCUT2D eigenvalue weighted by molar-refractivity contribution is 5.93. The van der Waals surface area contributed by atoms with Crippen LogP contribution in [0.2, 0.25) is 0 Å². The normalized spacial score (nSPS) is 10.5. The van der Waals surface area contributed by atoms with Crippen molar-refractivity contribution in [2.75, 3.05) is 6.61 Å². The van der Waals surface area contributed by atoms with E-state index in [1.54, 1.807) is 36.4 Å². The molecule has 0 spiro atoms. The first-order valence-corrected chi connectivity index (χ1v) is 7.24. The Morgan fingerprint density at radius 1 is 0.909 bits per heavy atom. The van der Waals surface area contributed by atoms with E-state index in [0.29, 0.717) is 18.4 Å². The molecule has 22 heavy (non-hydrogen) atoms. The Kier molecular flexibility index (Phi) is 6.12. The number of carbonyl (C=O) groups excluding carboxylic acids is 2. The number of rotatable bonds is 7. The van der Waals surface area contributed by atoms with Crippen molar-refractivity contribution in [1.82, 2.24) is 0 Å². The van der Waals surface area contributed by atoms with Crippen LogP contribution in [0.3, 0.4) is 0 Å². The van der Waals surface area contributed by atoms with Gasteiger partial charge in [-0.05, 0) is 30.2 Å². The smallest absolute Gasteiger partial charge is 0.338 e. The van der Waals surface area contributed by atoms with E-state index in [1.807, 2.05) is 36.4 Å². The van der Waals surface area contributed by atoms with Crippen molar-refractivity contribution in [3.8, 4) is 0 Å². The fourth-order valence-electron chi connectivity index (χ4n) is 1.91. The van der Waals surface area contributed by atoms with Crippen LogP contribution in [0.1, 0.15) is 28.8 Å². The number of allylic oxidation sites excluding steroid dienone is 1. The van der Waals surface area contributed by atoms with Gasteiger partial charge in [-0.2, -0.15) is 0 Å². The van der Waals surface area contributed by atoms with Gasteiger partial charge in [-0.15, -0.1) is 0 Å². The number of hydrogen-bond acceptors (Lipinski definition) is 3. The van der Waals surface area contributed by atoms with Crippen LogP contribution in [-0.4, -0.2) is 18.4 Å². The Bertz CT molecular complexity index is 630. The minimum atomic E-state index is -0.354. The molecule has 0 N–H and O–H groups in total. The maximum atomic E-state index is 11.7. The van der Waals surface area contributed by atoms with Gasteiger partial charge in [0.05, 0.1) is 12.2 Å². The predicted molar refractivity (Wildman–Crippen MR) is 86.4 cm³/mol. The minimum absolute atomic E-state index is 0.0274. The second kappa shape index (κ2) is 8.57. The number of ketones is 1. The van der Waals surface area contributed by atoms with Gasteiger partial charge in [0.1, 0.15) is 0 Å². The molecule has 0 heterocycles. The Morgan fingerprint density at radius 3 is 2.23 bits per heavy atom. The van der Waals surface area contributed by atoms with Crippen molar-refractivity contribution in [3.05, 3.63) is 77.9 Å². The number of hydrogen-bond donors (Lipinski definition) is 0. The summed E-state index contributed by atoms with van der Waals surface area (Å²) >= 11 is 0. The molecule has 0 fully saturated rings. The van der Waals surface area contributed by atoms with Gasteiger partial charge in [0.15, 0.2) is 5.78 Å². The second-order valence-corrected chi connectivity index (χ2v) is 4.82. The molecule has 2 aromatic carbocycles. The summed E-state index contributed by atoms with van der Waals surface area (Å²) < 4.78 is 5.13. The maximum absolute atomic E-state index is 11.7. The molecule has 2 aromatic rings. The van der Waals surface area contributed by atoms with E-state index >= 15 is 0 Å². The summed E-state index contributed by atoms with van der Waals surface area (Å²) in [6.07, 6.45) is 4.24. The summed E-state index contributed by atoms with van der Waals surface area (Å²) in [4.78, 5) is 23.4. The Morgan fingerprint density at radius 2 is 1.55 bits per heavy atom. The van der Waals surface area contributed by atoms with Crippen LogP contribution < -0.4 is 0 Å². The van der Waals surface area contributed by atoms with E-state index in [4.69, 9.17) is 4.74 Å². The molecule has 0 aliphatic rings. The summed E-state index contributed by atoms with van der Waals surface area (Å²) in [6.45, 7) is 0.249. The van der Waals surface area contributed by atoms with Crippen LogP contribution in [0.25, 0.3) is 6.08 Å². The molecule has 0 atom stereocenters. The van der Waals surface area contributed by atoms with Gasteiger partial charge in [-0.25, -0.2) is 4.79 Å². The molecule has 3 heteroatoms. The summed E-state index contributed by atoms with van der Waals surface area (Å²) in [5.74, 6) is -0.326. The zero-order valence-corrected chi connectivity index (χ0v) is 12.3. The van der Waals surface area contributed by atoms with Crippen molar-refractivity contribution in [3.63, 3.8) is 0 Å². The molecule has 0 amide bonds. The van der Waals surface area contributed by atoms with Gasteiger partial charge >= 0.3 is 5.97 Å². The molecule has 112 valence electrons. The van der Waals surface area contributed by atoms with Gasteiger partial charge in [-0.3, -0.25) is 4.79 Å². The average Bonchev–Trinajstić information content (AvgIpc) is 2.58. The minimum Gasteiger partial charge on any atom is -0.462 e. The lowest BCUT2D eigenvalue weighted by molar-refractivity contribution is -0.114. The van der Waals surface area contributed by atoms with Crippen molar-refractivity contribution in [1.29, 1.82) is 0 Å². The van der Waals surface area contributed by atoms with E-state index in [1.165, 1.54) is 0 Å². The maximum Gasteiger partial charge on any atom is 0.338 e. The van der Waals surface area contributed by atoms with Crippen LogP contribution in [0.4, 0.5) is 0 Å². The lowest BCUT2D eigenvalue weighted by Gasteiger charge is -2.03. The van der Waals surface area contributed by atoms with Gasteiger partial charge in [-0.1, -0.05) is 54.6 Å². The van der Waals surface area contributed by atoms with Gasteiger partial charge in [0.2, 0.25) is 0 Å². The highest BCUT2D eigenvalue weighted by Crippen LogP contribution is 2.04. The molecule has 0 aromatic heterocycles. The molecular weight excluding hydrogens is 276 g/mol. The molecule has 0 aliphatic carbocycles. The average molecular weight is 294 g/mol. The Balaban J connectivity index is 1.67. The molecule has 3 nitrogen and oxygen atoms in total. The molecular formula is C19H18O3. The van der Waals surface area contributed by atoms with Crippen LogP contribution in [0, 0.1) is 0 Å². The highest BCUT2D eigenvalue weighted by Gasteiger charge is 2.05. The zero-order chi connectivity index (χ0) is 15.6. The van der Waals surface area contributed by atoms with Crippen LogP contribution in [0.15, 0.2) is 66.7 Å². The van der Waals surface area contributed by atoms with Gasteiger partial charge in [0.25, 0.3) is 0 Å². The topological polar surface area (TPSA) is 43.4 Å². The van der Waals surface area contributed by atoms with E-state index < -0.39 is 0 Å². The first kappa shape index (κ1) is 15.7. The molecule has 0 radical (unpaired) electrons. The van der Waals surface area contributed by atoms with E-state index in [0.717, 1.165) is 5.56 Å². The quantitative estimate of drug-likeness (QED) is 0.442. The first-order valence-electron chi connectivity index (χ1n) is 7.24. The molecule has 0 bridgehead atoms. The number of esters is 1. The van der Waals surface area contributed by atoms with Crippen molar-refractivity contribution in [2.45, 2.75) is 12.8 Å². The zero-order valence-electron chi connectivity index (χ0n) is 12.3. The lowest BCUT2D eigenvalue weighted by Crippen LogP contribution is -2.07. The Labute approximate surface area is 130 Å². The summed E-state index contributed by atoms with van der Waals surface area (Å²) in [5, 5.41) is 0. The molecule has 0 saturated carbocycles. The lowest BCUT2D eigenvalue weighted by atomic mass is 10.1. The monoisotopic (exact) mass is 294 g/mol. The largest absolute Gasteiger partial charge is 0.462 e. The second-order valence-electron chi connectivity index (χ2n) is 4.82. The molecule has 2 rings (SSSR count). The van der Waals surface area contributed by atoms with Crippen LogP contribution in [-0.2, 0) is 9.53 Å². The van der Waals surface area contributed by atoms with Gasteiger partial charge in [0, 0.05) is 6.42 Å². The van der Waals surface area contributed by atoms with Crippen LogP contribution in [0.5, 0.6) is 0 Å². The Hall–Kier alpha value is -2.68. The fraction of sp³-hybridized carbons (Fsp3) is 0.158. The SMILES string of the molecule is O=C(/C=C/c1ccccc1)CCCOC(=O)c1ccccc1. The number of benzene rings is 2. The molecule has 0 unspecified atom stereocenters. The number of carbonyl (C=O) groups is 2. The third kappa shape index (κ3) is 5.37. The van der Waals surface area contributed by atoms with Crippen molar-refractivity contribution < 1.29 is 14.3 Å². The van der Waals surface area contributed by atoms with E-state index in [2.05, 4.69) is 0 Å². The number of ether oxygens (including phenoxy) is 1. The molecule has 0 aliphatic heterocycles. The van der Waals surface area contributed by atoms with Crippen molar-refractivity contribution in [2.24, 2.45) is 0 Å². The van der Waals surface area contributed by atoms with Crippen molar-refractivity contribution >= 4 is 17.8 Å². The predicted octanol–water partition coefficient (Wildman–Crippen LogP) is 3.91. The highest BCUT2D eigenvalue weighted by atomic mass is 16.5. The third-order valence-corrected chi connectivity index (χ3v) is 3.07. The summed E-state index contributed by atoms with van der Waals surface area (Å²) in [6, 6.07) is 18.5. The summed E-state index contributed by atoms with van der Waals surface area (Å²) in [5.41, 5.74) is 1.52. The van der Waals surface area contributed by atoms with Gasteiger partial charge < -0.3 is 4.74 Å². The summed E-state index contributed by atoms with van der Waals surface area (Å²) in [7, 11) is 0.